The van der Waals surface area contributed by atoms with Crippen molar-refractivity contribution in [3.63, 3.8) is 0 Å². The number of amides is 3. The predicted molar refractivity (Wildman–Crippen MR) is 112 cm³/mol. The van der Waals surface area contributed by atoms with Crippen LogP contribution in [0.5, 0.6) is 0 Å². The minimum absolute atomic E-state index is 0.270. The highest BCUT2D eigenvalue weighted by Gasteiger charge is 2.45. The molecule has 3 amide bonds. The van der Waals surface area contributed by atoms with Crippen molar-refractivity contribution in [2.24, 2.45) is 0 Å². The molecule has 2 heterocycles. The number of ether oxygens (including phenoxy) is 2. The first-order valence-electron chi connectivity index (χ1n) is 10.4. The zero-order valence-electron chi connectivity index (χ0n) is 18.6. The van der Waals surface area contributed by atoms with Crippen LogP contribution in [-0.4, -0.2) is 58.2 Å². The monoisotopic (exact) mass is 432 g/mol. The molecule has 168 valence electrons. The molecule has 1 atom stereocenters. The van der Waals surface area contributed by atoms with E-state index in [0.29, 0.717) is 30.6 Å². The topological polar surface area (TPSA) is 76.2 Å². The molecule has 1 aromatic carbocycles. The van der Waals surface area contributed by atoms with Crippen LogP contribution in [0.3, 0.4) is 0 Å². The summed E-state index contributed by atoms with van der Waals surface area (Å²) in [6.07, 6.45) is 1.65. The Hall–Kier alpha value is -2.74. The molecule has 1 aromatic rings. The van der Waals surface area contributed by atoms with E-state index in [4.69, 9.17) is 9.47 Å². The molecule has 1 unspecified atom stereocenters. The fourth-order valence-corrected chi connectivity index (χ4v) is 3.81. The number of imide groups is 1. The van der Waals surface area contributed by atoms with Crippen LogP contribution in [0.25, 0.3) is 0 Å². The number of hydrogen-bond donors (Lipinski definition) is 0. The minimum atomic E-state index is -0.824. The van der Waals surface area contributed by atoms with Crippen molar-refractivity contribution >= 4 is 17.9 Å². The first kappa shape index (κ1) is 22.9. The minimum Gasteiger partial charge on any atom is -0.444 e. The number of carbonyl (C=O) groups is 3. The van der Waals surface area contributed by atoms with Gasteiger partial charge in [0.1, 0.15) is 17.2 Å². The molecule has 8 heteroatoms. The van der Waals surface area contributed by atoms with Crippen molar-refractivity contribution in [3.8, 4) is 0 Å². The van der Waals surface area contributed by atoms with Gasteiger partial charge < -0.3 is 9.47 Å². The lowest BCUT2D eigenvalue weighted by molar-refractivity contribution is -0.0626. The Morgan fingerprint density at radius 3 is 2.35 bits per heavy atom. The highest BCUT2D eigenvalue weighted by Crippen LogP contribution is 2.31. The summed E-state index contributed by atoms with van der Waals surface area (Å²) in [7, 11) is 0. The number of allylic oxidation sites excluding steroid dienone is 1. The molecular weight excluding hydrogens is 403 g/mol. The fourth-order valence-electron chi connectivity index (χ4n) is 3.81. The molecule has 2 aliphatic rings. The van der Waals surface area contributed by atoms with Crippen LogP contribution in [0.4, 0.5) is 9.18 Å². The standard InChI is InChI=1S/C23H29FN2O5/c1-22(2,3)31-21(29)26-16(14-30-23(26,4)5)10-8-9-15(24)13-25-19(27)17-11-6-7-12-18(17)20(25)28/h6-7,9,11-12,16H,8,10,13-14H2,1-5H3/b15-9-. The normalized spacial score (nSPS) is 21.0. The van der Waals surface area contributed by atoms with Crippen LogP contribution in [0, 0.1) is 0 Å². The van der Waals surface area contributed by atoms with Crippen LogP contribution in [0.15, 0.2) is 36.2 Å². The Balaban J connectivity index is 1.60. The maximum atomic E-state index is 14.5. The van der Waals surface area contributed by atoms with Crippen molar-refractivity contribution in [1.82, 2.24) is 9.80 Å². The number of halogens is 1. The zero-order valence-corrected chi connectivity index (χ0v) is 18.6. The van der Waals surface area contributed by atoms with E-state index >= 15 is 0 Å². The number of nitrogens with zero attached hydrogens (tertiary/aromatic N) is 2. The Bertz CT molecular complexity index is 884. The third-order valence-corrected chi connectivity index (χ3v) is 5.22. The van der Waals surface area contributed by atoms with Gasteiger partial charge in [0.15, 0.2) is 0 Å². The van der Waals surface area contributed by atoms with Crippen LogP contribution in [-0.2, 0) is 9.47 Å². The average Bonchev–Trinajstić information content (AvgIpc) is 3.09. The molecule has 0 aliphatic carbocycles. The average molecular weight is 432 g/mol. The predicted octanol–water partition coefficient (Wildman–Crippen LogP) is 4.29. The van der Waals surface area contributed by atoms with Gasteiger partial charge in [0.25, 0.3) is 11.8 Å². The van der Waals surface area contributed by atoms with Gasteiger partial charge in [-0.3, -0.25) is 19.4 Å². The van der Waals surface area contributed by atoms with E-state index in [-0.39, 0.29) is 6.04 Å². The van der Waals surface area contributed by atoms with Gasteiger partial charge >= 0.3 is 6.09 Å². The van der Waals surface area contributed by atoms with Crippen molar-refractivity contribution in [1.29, 1.82) is 0 Å². The molecule has 31 heavy (non-hydrogen) atoms. The summed E-state index contributed by atoms with van der Waals surface area (Å²) in [4.78, 5) is 39.8. The van der Waals surface area contributed by atoms with Crippen molar-refractivity contribution in [3.05, 3.63) is 47.3 Å². The van der Waals surface area contributed by atoms with E-state index in [0.717, 1.165) is 4.90 Å². The van der Waals surface area contributed by atoms with Crippen LogP contribution in [0.1, 0.15) is 68.2 Å². The summed E-state index contributed by atoms with van der Waals surface area (Å²) in [6.45, 7) is 8.86. The quantitative estimate of drug-likeness (QED) is 0.649. The molecule has 1 fully saturated rings. The number of rotatable bonds is 5. The highest BCUT2D eigenvalue weighted by molar-refractivity contribution is 6.21. The second-order valence-electron chi connectivity index (χ2n) is 9.23. The van der Waals surface area contributed by atoms with Crippen LogP contribution >= 0.6 is 0 Å². The summed E-state index contributed by atoms with van der Waals surface area (Å²) >= 11 is 0. The summed E-state index contributed by atoms with van der Waals surface area (Å²) in [5.74, 6) is -1.56. The number of benzene rings is 1. The van der Waals surface area contributed by atoms with E-state index in [1.807, 2.05) is 0 Å². The molecule has 1 saturated heterocycles. The highest BCUT2D eigenvalue weighted by atomic mass is 19.1. The number of carbonyl (C=O) groups excluding carboxylic acids is 3. The summed E-state index contributed by atoms with van der Waals surface area (Å²) in [5.41, 5.74) is -0.883. The third kappa shape index (κ3) is 4.95. The van der Waals surface area contributed by atoms with Gasteiger partial charge in [-0.05, 0) is 59.6 Å². The van der Waals surface area contributed by atoms with E-state index in [9.17, 15) is 18.8 Å². The molecule has 0 N–H and O–H groups in total. The van der Waals surface area contributed by atoms with Gasteiger partial charge in [0, 0.05) is 0 Å². The lowest BCUT2D eigenvalue weighted by Crippen LogP contribution is -2.49. The van der Waals surface area contributed by atoms with E-state index in [1.165, 1.54) is 6.08 Å². The molecule has 3 rings (SSSR count). The second kappa shape index (κ2) is 8.42. The maximum absolute atomic E-state index is 14.5. The Morgan fingerprint density at radius 1 is 1.23 bits per heavy atom. The lowest BCUT2D eigenvalue weighted by atomic mass is 10.1. The summed E-state index contributed by atoms with van der Waals surface area (Å²) in [5, 5.41) is 0. The third-order valence-electron chi connectivity index (χ3n) is 5.22. The van der Waals surface area contributed by atoms with Crippen molar-refractivity contribution in [2.45, 2.75) is 64.8 Å². The fraction of sp³-hybridized carbons (Fsp3) is 0.522. The second-order valence-corrected chi connectivity index (χ2v) is 9.23. The zero-order chi connectivity index (χ0) is 23.0. The van der Waals surface area contributed by atoms with Gasteiger partial charge in [-0.2, -0.15) is 0 Å². The summed E-state index contributed by atoms with van der Waals surface area (Å²) < 4.78 is 25.7. The number of fused-ring (bicyclic) bond motifs is 1. The molecule has 0 saturated carbocycles. The molecule has 0 spiro atoms. The SMILES string of the molecule is CC(C)(C)OC(=O)N1C(CC/C=C(\F)CN2C(=O)c3ccccc3C2=O)COC1(C)C. The van der Waals surface area contributed by atoms with Gasteiger partial charge in [-0.15, -0.1) is 0 Å². The van der Waals surface area contributed by atoms with E-state index in [1.54, 1.807) is 63.8 Å². The van der Waals surface area contributed by atoms with E-state index in [2.05, 4.69) is 0 Å². The molecule has 0 bridgehead atoms. The van der Waals surface area contributed by atoms with Gasteiger partial charge in [-0.1, -0.05) is 18.2 Å². The van der Waals surface area contributed by atoms with Crippen molar-refractivity contribution < 1.29 is 28.2 Å². The molecule has 0 aromatic heterocycles. The Labute approximate surface area is 181 Å². The lowest BCUT2D eigenvalue weighted by Gasteiger charge is -2.35. The van der Waals surface area contributed by atoms with Gasteiger partial charge in [-0.25, -0.2) is 9.18 Å². The van der Waals surface area contributed by atoms with Gasteiger partial charge in [0.2, 0.25) is 0 Å². The Morgan fingerprint density at radius 2 is 1.81 bits per heavy atom. The Kier molecular flexibility index (Phi) is 6.23. The molecule has 7 nitrogen and oxygen atoms in total. The first-order chi connectivity index (χ1) is 14.4. The van der Waals surface area contributed by atoms with Crippen LogP contribution < -0.4 is 0 Å². The van der Waals surface area contributed by atoms with E-state index < -0.39 is 41.6 Å². The molecule has 0 radical (unpaired) electrons. The van der Waals surface area contributed by atoms with Crippen LogP contribution in [0.2, 0.25) is 0 Å². The maximum Gasteiger partial charge on any atom is 0.412 e. The number of hydrogen-bond acceptors (Lipinski definition) is 5. The largest absolute Gasteiger partial charge is 0.444 e. The molecule has 2 aliphatic heterocycles. The first-order valence-corrected chi connectivity index (χ1v) is 10.4. The smallest absolute Gasteiger partial charge is 0.412 e. The van der Waals surface area contributed by atoms with Crippen molar-refractivity contribution in [2.75, 3.05) is 13.2 Å². The van der Waals surface area contributed by atoms with Gasteiger partial charge in [0.05, 0.1) is 30.3 Å². The molecular formula is C23H29FN2O5. The summed E-state index contributed by atoms with van der Waals surface area (Å²) in [6, 6.07) is 6.19.